The molecule has 0 fully saturated rings. The van der Waals surface area contributed by atoms with Gasteiger partial charge in [-0.2, -0.15) is 0 Å². The predicted octanol–water partition coefficient (Wildman–Crippen LogP) is 11.3. The Labute approximate surface area is 271 Å². The topological polar surface area (TPSA) is 51.8 Å². The third kappa shape index (κ3) is 4.84. The molecule has 0 radical (unpaired) electrons. The van der Waals surface area contributed by atoms with Crippen molar-refractivity contribution in [1.29, 1.82) is 0 Å². The largest absolute Gasteiger partial charge is 0.455 e. The molecule has 0 unspecified atom stereocenters. The van der Waals surface area contributed by atoms with E-state index < -0.39 is 0 Å². The monoisotopic (exact) mass is 601 g/mol. The molecule has 220 valence electrons. The summed E-state index contributed by atoms with van der Waals surface area (Å²) in [5, 5.41) is 4.45. The fourth-order valence-electron chi connectivity index (χ4n) is 6.38. The standard InChI is InChI=1S/C43H27N3O/c1-4-12-28(13-5-1)33-24-25-34-36(27-38-35-18-10-11-19-39(35)47-40(38)37(34)26-33)29-20-22-32(23-21-29)43-45-41(30-14-6-2-7-15-30)44-42(46-43)31-16-8-3-9-17-31/h1-27H. The van der Waals surface area contributed by atoms with Gasteiger partial charge in [-0.1, -0.05) is 146 Å². The van der Waals surface area contributed by atoms with Crippen molar-refractivity contribution in [2.75, 3.05) is 0 Å². The van der Waals surface area contributed by atoms with Crippen LogP contribution in [0.2, 0.25) is 0 Å². The fraction of sp³-hybridized carbons (Fsp3) is 0. The molecule has 9 aromatic rings. The van der Waals surface area contributed by atoms with Crippen molar-refractivity contribution in [2.45, 2.75) is 0 Å². The van der Waals surface area contributed by atoms with E-state index in [-0.39, 0.29) is 0 Å². The minimum Gasteiger partial charge on any atom is -0.455 e. The summed E-state index contributed by atoms with van der Waals surface area (Å²) in [4.78, 5) is 14.7. The Bertz CT molecular complexity index is 2480. The van der Waals surface area contributed by atoms with E-state index in [2.05, 4.69) is 84.9 Å². The molecular formula is C43H27N3O. The molecule has 2 heterocycles. The summed E-state index contributed by atoms with van der Waals surface area (Å²) in [5.41, 5.74) is 9.22. The molecule has 4 nitrogen and oxygen atoms in total. The van der Waals surface area contributed by atoms with Gasteiger partial charge in [-0.05, 0) is 45.8 Å². The number of nitrogens with zero attached hydrogens (tertiary/aromatic N) is 3. The number of hydrogen-bond acceptors (Lipinski definition) is 4. The SMILES string of the molecule is c1ccc(-c2ccc3c(-c4ccc(-c5nc(-c6ccccc6)nc(-c6ccccc6)n5)cc4)cc4c5ccccc5oc4c3c2)cc1. The van der Waals surface area contributed by atoms with Gasteiger partial charge in [0.1, 0.15) is 11.2 Å². The predicted molar refractivity (Wildman–Crippen MR) is 192 cm³/mol. The summed E-state index contributed by atoms with van der Waals surface area (Å²) in [7, 11) is 0. The lowest BCUT2D eigenvalue weighted by Gasteiger charge is -2.12. The Hall–Kier alpha value is -6.39. The molecule has 0 saturated heterocycles. The Kier molecular flexibility index (Phi) is 6.43. The van der Waals surface area contributed by atoms with Crippen molar-refractivity contribution < 1.29 is 4.42 Å². The van der Waals surface area contributed by atoms with Crippen molar-refractivity contribution in [1.82, 2.24) is 15.0 Å². The fourth-order valence-corrected chi connectivity index (χ4v) is 6.38. The van der Waals surface area contributed by atoms with Gasteiger partial charge < -0.3 is 4.42 Å². The number of aromatic nitrogens is 3. The van der Waals surface area contributed by atoms with Gasteiger partial charge in [-0.15, -0.1) is 0 Å². The van der Waals surface area contributed by atoms with Crippen LogP contribution in [0.5, 0.6) is 0 Å². The van der Waals surface area contributed by atoms with Gasteiger partial charge in [0, 0.05) is 32.8 Å². The van der Waals surface area contributed by atoms with Crippen LogP contribution in [0.25, 0.3) is 89.1 Å². The van der Waals surface area contributed by atoms with Gasteiger partial charge in [-0.25, -0.2) is 15.0 Å². The minimum absolute atomic E-state index is 0.637. The highest BCUT2D eigenvalue weighted by molar-refractivity contribution is 6.19. The average Bonchev–Trinajstić information content (AvgIpc) is 3.54. The highest BCUT2D eigenvalue weighted by atomic mass is 16.3. The zero-order valence-electron chi connectivity index (χ0n) is 25.3. The third-order valence-corrected chi connectivity index (χ3v) is 8.74. The molecule has 0 amide bonds. The Morgan fingerprint density at radius 2 is 0.787 bits per heavy atom. The van der Waals surface area contributed by atoms with Gasteiger partial charge in [0.2, 0.25) is 0 Å². The molecule has 0 spiro atoms. The van der Waals surface area contributed by atoms with E-state index >= 15 is 0 Å². The molecule has 0 aliphatic heterocycles. The molecule has 47 heavy (non-hydrogen) atoms. The van der Waals surface area contributed by atoms with Crippen molar-refractivity contribution in [3.05, 3.63) is 164 Å². The van der Waals surface area contributed by atoms with E-state index in [1.54, 1.807) is 0 Å². The summed E-state index contributed by atoms with van der Waals surface area (Å²) in [6.45, 7) is 0. The number of rotatable bonds is 5. The highest BCUT2D eigenvalue weighted by Crippen LogP contribution is 2.41. The Morgan fingerprint density at radius 1 is 0.319 bits per heavy atom. The molecule has 0 saturated carbocycles. The molecule has 7 aromatic carbocycles. The lowest BCUT2D eigenvalue weighted by Crippen LogP contribution is -2.00. The van der Waals surface area contributed by atoms with Crippen molar-refractivity contribution in [3.63, 3.8) is 0 Å². The zero-order valence-corrected chi connectivity index (χ0v) is 25.3. The van der Waals surface area contributed by atoms with Gasteiger partial charge in [0.05, 0.1) is 0 Å². The van der Waals surface area contributed by atoms with Gasteiger partial charge in [-0.3, -0.25) is 0 Å². The van der Waals surface area contributed by atoms with E-state index in [1.165, 1.54) is 5.56 Å². The van der Waals surface area contributed by atoms with Crippen molar-refractivity contribution in [2.24, 2.45) is 0 Å². The third-order valence-electron chi connectivity index (χ3n) is 8.74. The van der Waals surface area contributed by atoms with E-state index in [0.717, 1.165) is 66.1 Å². The van der Waals surface area contributed by atoms with E-state index in [4.69, 9.17) is 19.4 Å². The molecular weight excluding hydrogens is 574 g/mol. The Balaban J connectivity index is 1.20. The lowest BCUT2D eigenvalue weighted by atomic mass is 9.92. The maximum Gasteiger partial charge on any atom is 0.164 e. The first-order valence-corrected chi connectivity index (χ1v) is 15.7. The number of fused-ring (bicyclic) bond motifs is 5. The molecule has 0 aliphatic carbocycles. The summed E-state index contributed by atoms with van der Waals surface area (Å²) in [6.07, 6.45) is 0. The molecule has 0 aliphatic rings. The molecule has 4 heteroatoms. The maximum atomic E-state index is 6.50. The van der Waals surface area contributed by atoms with Gasteiger partial charge in [0.25, 0.3) is 0 Å². The summed E-state index contributed by atoms with van der Waals surface area (Å²) >= 11 is 0. The number of furan rings is 1. The van der Waals surface area contributed by atoms with Crippen molar-refractivity contribution >= 4 is 32.7 Å². The summed E-state index contributed by atoms with van der Waals surface area (Å²) in [5.74, 6) is 1.94. The second kappa shape index (κ2) is 11.2. The van der Waals surface area contributed by atoms with Crippen LogP contribution in [0.15, 0.2) is 168 Å². The van der Waals surface area contributed by atoms with E-state index in [0.29, 0.717) is 17.5 Å². The quantitative estimate of drug-likeness (QED) is 0.197. The first-order chi connectivity index (χ1) is 23.3. The zero-order chi connectivity index (χ0) is 31.2. The first-order valence-electron chi connectivity index (χ1n) is 15.7. The van der Waals surface area contributed by atoms with E-state index in [1.807, 2.05) is 78.9 Å². The van der Waals surface area contributed by atoms with Gasteiger partial charge >= 0.3 is 0 Å². The summed E-state index contributed by atoms with van der Waals surface area (Å²) in [6, 6.07) is 56.4. The maximum absolute atomic E-state index is 6.50. The van der Waals surface area contributed by atoms with Crippen LogP contribution >= 0.6 is 0 Å². The van der Waals surface area contributed by atoms with Crippen LogP contribution in [0, 0.1) is 0 Å². The van der Waals surface area contributed by atoms with E-state index in [9.17, 15) is 0 Å². The Morgan fingerprint density at radius 3 is 1.40 bits per heavy atom. The molecule has 0 bridgehead atoms. The van der Waals surface area contributed by atoms with Crippen LogP contribution in [0.4, 0.5) is 0 Å². The second-order valence-corrected chi connectivity index (χ2v) is 11.6. The number of hydrogen-bond donors (Lipinski definition) is 0. The molecule has 2 aromatic heterocycles. The molecule has 9 rings (SSSR count). The number of para-hydroxylation sites is 1. The van der Waals surface area contributed by atoms with Crippen LogP contribution in [-0.4, -0.2) is 15.0 Å². The van der Waals surface area contributed by atoms with Crippen molar-refractivity contribution in [3.8, 4) is 56.4 Å². The number of benzene rings is 7. The second-order valence-electron chi connectivity index (χ2n) is 11.6. The lowest BCUT2D eigenvalue weighted by molar-refractivity contribution is 0.672. The first kappa shape index (κ1) is 27.0. The normalized spacial score (nSPS) is 11.4. The average molecular weight is 602 g/mol. The molecule has 0 atom stereocenters. The highest BCUT2D eigenvalue weighted by Gasteiger charge is 2.17. The van der Waals surface area contributed by atoms with Crippen LogP contribution in [-0.2, 0) is 0 Å². The van der Waals surface area contributed by atoms with Gasteiger partial charge in [0.15, 0.2) is 17.5 Å². The molecule has 0 N–H and O–H groups in total. The van der Waals surface area contributed by atoms with Crippen LogP contribution < -0.4 is 0 Å². The minimum atomic E-state index is 0.637. The summed E-state index contributed by atoms with van der Waals surface area (Å²) < 4.78 is 6.50. The van der Waals surface area contributed by atoms with Crippen LogP contribution in [0.3, 0.4) is 0 Å². The van der Waals surface area contributed by atoms with Crippen LogP contribution in [0.1, 0.15) is 0 Å². The smallest absolute Gasteiger partial charge is 0.164 e.